The number of aromatic nitrogens is 2. The zero-order valence-electron chi connectivity index (χ0n) is 15.1. The lowest BCUT2D eigenvalue weighted by atomic mass is 10.1. The van der Waals surface area contributed by atoms with Crippen molar-refractivity contribution in [1.29, 1.82) is 0 Å². The monoisotopic (exact) mass is 349 g/mol. The lowest BCUT2D eigenvalue weighted by molar-refractivity contribution is 0.464. The molecule has 0 unspecified atom stereocenters. The van der Waals surface area contributed by atoms with Crippen molar-refractivity contribution in [2.24, 2.45) is 0 Å². The zero-order valence-corrected chi connectivity index (χ0v) is 15.1. The van der Waals surface area contributed by atoms with Crippen LogP contribution in [0.5, 0.6) is 17.2 Å². The van der Waals surface area contributed by atoms with Gasteiger partial charge in [-0.2, -0.15) is 0 Å². The van der Waals surface area contributed by atoms with Gasteiger partial charge in [0, 0.05) is 17.8 Å². The van der Waals surface area contributed by atoms with E-state index in [9.17, 15) is 5.11 Å². The molecule has 2 aromatic carbocycles. The van der Waals surface area contributed by atoms with Crippen LogP contribution in [-0.2, 0) is 12.8 Å². The van der Waals surface area contributed by atoms with Gasteiger partial charge in [-0.1, -0.05) is 19.1 Å². The number of phenols is 1. The number of ether oxygens (including phenoxy) is 1. The van der Waals surface area contributed by atoms with E-state index in [1.165, 1.54) is 5.56 Å². The highest BCUT2D eigenvalue weighted by molar-refractivity contribution is 5.45. The Kier molecular flexibility index (Phi) is 5.69. The van der Waals surface area contributed by atoms with E-state index >= 15 is 0 Å². The molecule has 134 valence electrons. The Labute approximate surface area is 153 Å². The quantitative estimate of drug-likeness (QED) is 0.657. The number of aryl methyl sites for hydroxylation is 1. The molecule has 2 N–H and O–H groups in total. The van der Waals surface area contributed by atoms with Gasteiger partial charge in [0.1, 0.15) is 29.4 Å². The first-order valence-corrected chi connectivity index (χ1v) is 8.76. The van der Waals surface area contributed by atoms with E-state index in [1.54, 1.807) is 30.6 Å². The van der Waals surface area contributed by atoms with Gasteiger partial charge >= 0.3 is 0 Å². The van der Waals surface area contributed by atoms with Gasteiger partial charge in [0.05, 0.1) is 0 Å². The Balaban J connectivity index is 1.54. The van der Waals surface area contributed by atoms with E-state index in [2.05, 4.69) is 41.3 Å². The first-order chi connectivity index (χ1) is 12.7. The minimum atomic E-state index is 0.227. The van der Waals surface area contributed by atoms with Gasteiger partial charge in [-0.05, 0) is 61.7 Å². The fraction of sp³-hybridized carbons (Fsp3) is 0.238. The first kappa shape index (κ1) is 17.7. The largest absolute Gasteiger partial charge is 0.508 e. The number of nitrogens with one attached hydrogen (secondary N) is 1. The fourth-order valence-corrected chi connectivity index (χ4v) is 2.72. The van der Waals surface area contributed by atoms with Crippen molar-refractivity contribution >= 4 is 5.82 Å². The molecule has 0 atom stereocenters. The molecule has 0 aliphatic carbocycles. The Morgan fingerprint density at radius 2 is 1.62 bits per heavy atom. The molecule has 5 heteroatoms. The van der Waals surface area contributed by atoms with Gasteiger partial charge < -0.3 is 15.2 Å². The van der Waals surface area contributed by atoms with Gasteiger partial charge in [0.2, 0.25) is 0 Å². The van der Waals surface area contributed by atoms with E-state index in [0.29, 0.717) is 5.75 Å². The summed E-state index contributed by atoms with van der Waals surface area (Å²) in [6.45, 7) is 4.96. The van der Waals surface area contributed by atoms with Crippen LogP contribution in [0.4, 0.5) is 5.82 Å². The predicted octanol–water partition coefficient (Wildman–Crippen LogP) is 4.50. The smallest absolute Gasteiger partial charge is 0.132 e. The molecule has 5 nitrogen and oxygen atoms in total. The summed E-state index contributed by atoms with van der Waals surface area (Å²) >= 11 is 0. The second-order valence-corrected chi connectivity index (χ2v) is 6.06. The molecule has 0 amide bonds. The van der Waals surface area contributed by atoms with Gasteiger partial charge in [0.15, 0.2) is 0 Å². The standard InChI is InChI=1S/C21H23N3O2/c1-3-20-15(2)21(24-14-23-20)22-13-12-16-4-8-18(9-5-16)26-19-10-6-17(25)7-11-19/h4-11,14,25H,3,12-13H2,1-2H3,(H,22,23,24). The molecule has 1 heterocycles. The van der Waals surface area contributed by atoms with E-state index in [-0.39, 0.29) is 5.75 Å². The average Bonchev–Trinajstić information content (AvgIpc) is 2.66. The van der Waals surface area contributed by atoms with E-state index < -0.39 is 0 Å². The molecular formula is C21H23N3O2. The van der Waals surface area contributed by atoms with Gasteiger partial charge in [-0.15, -0.1) is 0 Å². The Bertz CT molecular complexity index is 846. The van der Waals surface area contributed by atoms with E-state index in [1.807, 2.05) is 12.1 Å². The second kappa shape index (κ2) is 8.34. The molecular weight excluding hydrogens is 326 g/mol. The van der Waals surface area contributed by atoms with Crippen LogP contribution in [0.15, 0.2) is 54.9 Å². The number of benzene rings is 2. The van der Waals surface area contributed by atoms with Gasteiger partial charge in [-0.3, -0.25) is 0 Å². The third kappa shape index (κ3) is 4.51. The van der Waals surface area contributed by atoms with Crippen molar-refractivity contribution in [2.75, 3.05) is 11.9 Å². The van der Waals surface area contributed by atoms with Crippen molar-refractivity contribution in [3.05, 3.63) is 71.7 Å². The molecule has 3 rings (SSSR count). The minimum Gasteiger partial charge on any atom is -0.508 e. The summed E-state index contributed by atoms with van der Waals surface area (Å²) in [4.78, 5) is 8.62. The fourth-order valence-electron chi connectivity index (χ4n) is 2.72. The highest BCUT2D eigenvalue weighted by Gasteiger charge is 2.05. The Hall–Kier alpha value is -3.08. The van der Waals surface area contributed by atoms with Crippen LogP contribution >= 0.6 is 0 Å². The number of nitrogens with zero attached hydrogens (tertiary/aromatic N) is 2. The van der Waals surface area contributed by atoms with Crippen molar-refractivity contribution in [3.63, 3.8) is 0 Å². The number of aromatic hydroxyl groups is 1. The lowest BCUT2D eigenvalue weighted by Gasteiger charge is -2.11. The maximum atomic E-state index is 9.30. The van der Waals surface area contributed by atoms with Crippen molar-refractivity contribution < 1.29 is 9.84 Å². The maximum absolute atomic E-state index is 9.30. The van der Waals surface area contributed by atoms with Crippen molar-refractivity contribution in [3.8, 4) is 17.2 Å². The third-order valence-corrected chi connectivity index (χ3v) is 4.23. The minimum absolute atomic E-state index is 0.227. The van der Waals surface area contributed by atoms with Crippen LogP contribution in [0, 0.1) is 6.92 Å². The van der Waals surface area contributed by atoms with Crippen LogP contribution in [-0.4, -0.2) is 21.6 Å². The van der Waals surface area contributed by atoms with E-state index in [0.717, 1.165) is 42.2 Å². The predicted molar refractivity (Wildman–Crippen MR) is 103 cm³/mol. The summed E-state index contributed by atoms with van der Waals surface area (Å²) < 4.78 is 5.76. The van der Waals surface area contributed by atoms with Gasteiger partial charge in [-0.25, -0.2) is 9.97 Å². The molecule has 0 saturated carbocycles. The van der Waals surface area contributed by atoms with Crippen molar-refractivity contribution in [2.45, 2.75) is 26.7 Å². The highest BCUT2D eigenvalue weighted by Crippen LogP contribution is 2.23. The number of phenolic OH excluding ortho intramolecular Hbond substituents is 1. The van der Waals surface area contributed by atoms with Crippen LogP contribution in [0.1, 0.15) is 23.7 Å². The Morgan fingerprint density at radius 1 is 0.962 bits per heavy atom. The second-order valence-electron chi connectivity index (χ2n) is 6.06. The molecule has 0 aliphatic rings. The highest BCUT2D eigenvalue weighted by atomic mass is 16.5. The van der Waals surface area contributed by atoms with Crippen LogP contribution < -0.4 is 10.1 Å². The zero-order chi connectivity index (χ0) is 18.4. The first-order valence-electron chi connectivity index (χ1n) is 8.76. The van der Waals surface area contributed by atoms with Gasteiger partial charge in [0.25, 0.3) is 0 Å². The average molecular weight is 349 g/mol. The molecule has 0 aliphatic heterocycles. The maximum Gasteiger partial charge on any atom is 0.132 e. The van der Waals surface area contributed by atoms with Crippen LogP contribution in [0.2, 0.25) is 0 Å². The molecule has 0 bridgehead atoms. The normalized spacial score (nSPS) is 10.5. The summed E-state index contributed by atoms with van der Waals surface area (Å²) in [6, 6.07) is 14.7. The SMILES string of the molecule is CCc1ncnc(NCCc2ccc(Oc3ccc(O)cc3)cc2)c1C. The number of rotatable bonds is 7. The molecule has 0 spiro atoms. The molecule has 0 saturated heterocycles. The molecule has 26 heavy (non-hydrogen) atoms. The summed E-state index contributed by atoms with van der Waals surface area (Å²) in [6.07, 6.45) is 3.42. The van der Waals surface area contributed by atoms with Crippen molar-refractivity contribution in [1.82, 2.24) is 9.97 Å². The van der Waals surface area contributed by atoms with Crippen LogP contribution in [0.25, 0.3) is 0 Å². The number of anilines is 1. The summed E-state index contributed by atoms with van der Waals surface area (Å²) in [7, 11) is 0. The number of hydrogen-bond donors (Lipinski definition) is 2. The number of hydrogen-bond acceptors (Lipinski definition) is 5. The molecule has 0 fully saturated rings. The van der Waals surface area contributed by atoms with E-state index in [4.69, 9.17) is 4.74 Å². The Morgan fingerprint density at radius 3 is 2.27 bits per heavy atom. The van der Waals surface area contributed by atoms with Crippen LogP contribution in [0.3, 0.4) is 0 Å². The molecule has 1 aromatic heterocycles. The topological polar surface area (TPSA) is 67.3 Å². The molecule has 3 aromatic rings. The molecule has 0 radical (unpaired) electrons. The summed E-state index contributed by atoms with van der Waals surface area (Å²) in [5.74, 6) is 2.60. The summed E-state index contributed by atoms with van der Waals surface area (Å²) in [5.41, 5.74) is 3.42. The third-order valence-electron chi connectivity index (χ3n) is 4.23. The lowest BCUT2D eigenvalue weighted by Crippen LogP contribution is -2.09. The summed E-state index contributed by atoms with van der Waals surface area (Å²) in [5, 5.41) is 12.7.